The maximum atomic E-state index is 10.7. The van der Waals surface area contributed by atoms with Gasteiger partial charge in [0.05, 0.1) is 16.8 Å². The predicted octanol–water partition coefficient (Wildman–Crippen LogP) is 2.93. The molecule has 1 unspecified atom stereocenters. The first-order valence-corrected chi connectivity index (χ1v) is 5.70. The molecule has 1 aromatic rings. The van der Waals surface area contributed by atoms with Crippen LogP contribution in [0.1, 0.15) is 6.42 Å². The van der Waals surface area contributed by atoms with Crippen LogP contribution in [0.15, 0.2) is 23.1 Å². The molecule has 74 valence electrons. The van der Waals surface area contributed by atoms with Crippen molar-refractivity contribution in [1.82, 2.24) is 5.32 Å². The average Bonchev–Trinajstić information content (AvgIpc) is 2.06. The van der Waals surface area contributed by atoms with Crippen molar-refractivity contribution in [3.63, 3.8) is 0 Å². The molecule has 1 amide bonds. The maximum Gasteiger partial charge on any atom is 0.223 e. The van der Waals surface area contributed by atoms with Crippen LogP contribution in [0.2, 0.25) is 10.0 Å². The molecule has 1 N–H and O–H groups in total. The summed E-state index contributed by atoms with van der Waals surface area (Å²) in [4.78, 5) is 11.6. The smallest absolute Gasteiger partial charge is 0.223 e. The average molecular weight is 248 g/mol. The van der Waals surface area contributed by atoms with E-state index in [0.717, 1.165) is 4.90 Å². The van der Waals surface area contributed by atoms with Crippen molar-refractivity contribution in [2.45, 2.75) is 16.7 Å². The van der Waals surface area contributed by atoms with Gasteiger partial charge < -0.3 is 5.32 Å². The van der Waals surface area contributed by atoms with E-state index in [1.165, 1.54) is 0 Å². The summed E-state index contributed by atoms with van der Waals surface area (Å²) in [6.45, 7) is 0. The topological polar surface area (TPSA) is 29.1 Å². The third-order valence-corrected chi connectivity index (χ3v) is 3.69. The van der Waals surface area contributed by atoms with Crippen LogP contribution in [0.5, 0.6) is 0 Å². The van der Waals surface area contributed by atoms with Crippen molar-refractivity contribution in [2.75, 3.05) is 0 Å². The summed E-state index contributed by atoms with van der Waals surface area (Å²) in [5.74, 6) is 0.0904. The van der Waals surface area contributed by atoms with Crippen LogP contribution in [-0.2, 0) is 4.79 Å². The van der Waals surface area contributed by atoms with Gasteiger partial charge in [-0.3, -0.25) is 4.79 Å². The van der Waals surface area contributed by atoms with Gasteiger partial charge in [0.1, 0.15) is 0 Å². The number of hydrogen-bond donors (Lipinski definition) is 1. The molecule has 1 aliphatic heterocycles. The zero-order valence-corrected chi connectivity index (χ0v) is 9.42. The number of halogens is 2. The third-order valence-electron chi connectivity index (χ3n) is 1.86. The first-order valence-electron chi connectivity index (χ1n) is 4.06. The van der Waals surface area contributed by atoms with Crippen LogP contribution in [0.4, 0.5) is 0 Å². The fraction of sp³-hybridized carbons (Fsp3) is 0.222. The van der Waals surface area contributed by atoms with Crippen LogP contribution in [0.3, 0.4) is 0 Å². The van der Waals surface area contributed by atoms with Gasteiger partial charge in [-0.05, 0) is 18.2 Å². The summed E-state index contributed by atoms with van der Waals surface area (Å²) < 4.78 is 0. The van der Waals surface area contributed by atoms with Gasteiger partial charge in [0.25, 0.3) is 0 Å². The van der Waals surface area contributed by atoms with Crippen LogP contribution < -0.4 is 5.32 Å². The normalized spacial score (nSPS) is 20.1. The van der Waals surface area contributed by atoms with E-state index in [0.29, 0.717) is 16.5 Å². The Morgan fingerprint density at radius 3 is 2.71 bits per heavy atom. The molecule has 14 heavy (non-hydrogen) atoms. The highest BCUT2D eigenvalue weighted by molar-refractivity contribution is 8.00. The van der Waals surface area contributed by atoms with E-state index < -0.39 is 0 Å². The maximum absolute atomic E-state index is 10.7. The second kappa shape index (κ2) is 4.01. The zero-order valence-electron chi connectivity index (χ0n) is 7.09. The van der Waals surface area contributed by atoms with Gasteiger partial charge in [0.2, 0.25) is 5.91 Å². The van der Waals surface area contributed by atoms with Crippen LogP contribution >= 0.6 is 35.0 Å². The van der Waals surface area contributed by atoms with E-state index in [1.807, 2.05) is 6.07 Å². The lowest BCUT2D eigenvalue weighted by molar-refractivity contribution is -0.126. The highest BCUT2D eigenvalue weighted by Crippen LogP contribution is 2.34. The number of thioether (sulfide) groups is 1. The summed E-state index contributed by atoms with van der Waals surface area (Å²) in [5, 5.41) is 4.17. The Bertz CT molecular complexity index is 375. The Kier molecular flexibility index (Phi) is 2.91. The molecule has 1 aliphatic rings. The Balaban J connectivity index is 2.06. The van der Waals surface area contributed by atoms with E-state index in [2.05, 4.69) is 5.32 Å². The highest BCUT2D eigenvalue weighted by Gasteiger charge is 2.26. The SMILES string of the molecule is O=C1CC(Sc2ccc(Cl)cc2Cl)N1. The number of benzene rings is 1. The molecule has 0 radical (unpaired) electrons. The van der Waals surface area contributed by atoms with E-state index in [-0.39, 0.29) is 11.3 Å². The molecule has 0 aromatic heterocycles. The van der Waals surface area contributed by atoms with E-state index in [4.69, 9.17) is 23.2 Å². The lowest BCUT2D eigenvalue weighted by Gasteiger charge is -2.26. The molecule has 2 rings (SSSR count). The number of nitrogens with one attached hydrogen (secondary N) is 1. The van der Waals surface area contributed by atoms with Gasteiger partial charge in [-0.2, -0.15) is 0 Å². The lowest BCUT2D eigenvalue weighted by atomic mass is 10.3. The summed E-state index contributed by atoms with van der Waals surface area (Å²) in [7, 11) is 0. The molecule has 0 saturated carbocycles. The predicted molar refractivity (Wildman–Crippen MR) is 58.9 cm³/mol. The van der Waals surface area contributed by atoms with E-state index in [9.17, 15) is 4.79 Å². The molecule has 2 nitrogen and oxygen atoms in total. The van der Waals surface area contributed by atoms with Gasteiger partial charge >= 0.3 is 0 Å². The minimum Gasteiger partial charge on any atom is -0.343 e. The van der Waals surface area contributed by atoms with Crippen molar-refractivity contribution in [3.05, 3.63) is 28.2 Å². The quantitative estimate of drug-likeness (QED) is 0.815. The van der Waals surface area contributed by atoms with Crippen molar-refractivity contribution in [2.24, 2.45) is 0 Å². The Morgan fingerprint density at radius 1 is 1.43 bits per heavy atom. The van der Waals surface area contributed by atoms with Gasteiger partial charge in [-0.25, -0.2) is 0 Å². The lowest BCUT2D eigenvalue weighted by Crippen LogP contribution is -2.46. The number of carbonyl (C=O) groups is 1. The Morgan fingerprint density at radius 2 is 2.14 bits per heavy atom. The second-order valence-electron chi connectivity index (χ2n) is 2.95. The summed E-state index contributed by atoms with van der Waals surface area (Å²) in [5.41, 5.74) is 0. The molecule has 1 heterocycles. The summed E-state index contributed by atoms with van der Waals surface area (Å²) in [6, 6.07) is 5.35. The largest absolute Gasteiger partial charge is 0.343 e. The molecule has 5 heteroatoms. The molecule has 1 atom stereocenters. The molecular weight excluding hydrogens is 241 g/mol. The minimum atomic E-state index is 0.0904. The molecule has 0 spiro atoms. The monoisotopic (exact) mass is 247 g/mol. The zero-order chi connectivity index (χ0) is 10.1. The first kappa shape index (κ1) is 10.1. The summed E-state index contributed by atoms with van der Waals surface area (Å²) in [6.07, 6.45) is 0.559. The Labute approximate surface area is 96.0 Å². The molecule has 0 aliphatic carbocycles. The third kappa shape index (κ3) is 2.16. The van der Waals surface area contributed by atoms with E-state index >= 15 is 0 Å². The number of rotatable bonds is 2. The van der Waals surface area contributed by atoms with Crippen molar-refractivity contribution in [3.8, 4) is 0 Å². The van der Waals surface area contributed by atoms with Crippen LogP contribution in [-0.4, -0.2) is 11.3 Å². The van der Waals surface area contributed by atoms with Crippen molar-refractivity contribution < 1.29 is 4.79 Å². The molecule has 1 aromatic carbocycles. The van der Waals surface area contributed by atoms with Gasteiger partial charge in [-0.15, -0.1) is 0 Å². The van der Waals surface area contributed by atoms with Gasteiger partial charge in [0, 0.05) is 9.92 Å². The highest BCUT2D eigenvalue weighted by atomic mass is 35.5. The molecule has 1 saturated heterocycles. The van der Waals surface area contributed by atoms with Gasteiger partial charge in [0.15, 0.2) is 0 Å². The molecule has 0 bridgehead atoms. The number of amides is 1. The van der Waals surface area contributed by atoms with E-state index in [1.54, 1.807) is 23.9 Å². The minimum absolute atomic E-state index is 0.0904. The summed E-state index contributed by atoms with van der Waals surface area (Å²) >= 11 is 13.3. The Hall–Kier alpha value is -0.380. The second-order valence-corrected chi connectivity index (χ2v) is 5.04. The number of carbonyl (C=O) groups excluding carboxylic acids is 1. The fourth-order valence-corrected chi connectivity index (χ4v) is 2.71. The first-order chi connectivity index (χ1) is 6.65. The van der Waals surface area contributed by atoms with Gasteiger partial charge in [-0.1, -0.05) is 35.0 Å². The fourth-order valence-electron chi connectivity index (χ4n) is 1.12. The van der Waals surface area contributed by atoms with Crippen LogP contribution in [0.25, 0.3) is 0 Å². The van der Waals surface area contributed by atoms with Crippen molar-refractivity contribution in [1.29, 1.82) is 0 Å². The standard InChI is InChI=1S/C9H7Cl2NOS/c10-5-1-2-7(6(11)3-5)14-9-4-8(13)12-9/h1-3,9H,4H2,(H,12,13). The van der Waals surface area contributed by atoms with Crippen LogP contribution in [0, 0.1) is 0 Å². The van der Waals surface area contributed by atoms with Crippen molar-refractivity contribution >= 4 is 40.9 Å². The number of hydrogen-bond acceptors (Lipinski definition) is 2. The number of β-lactam (4-membered cyclic amide) rings is 1. The molecule has 1 fully saturated rings. The molecular formula is C9H7Cl2NOS.